The monoisotopic (exact) mass is 659 g/mol. The fourth-order valence-electron chi connectivity index (χ4n) is 4.37. The van der Waals surface area contributed by atoms with Crippen LogP contribution in [0.3, 0.4) is 0 Å². The van der Waals surface area contributed by atoms with Gasteiger partial charge in [0.2, 0.25) is 10.2 Å². The molecule has 5 rings (SSSR count). The van der Waals surface area contributed by atoms with Crippen molar-refractivity contribution in [3.8, 4) is 0 Å². The maximum Gasteiger partial charge on any atom is 0.475 e. The van der Waals surface area contributed by atoms with Crippen molar-refractivity contribution in [2.75, 3.05) is 37.1 Å². The number of hydrogen-bond acceptors (Lipinski definition) is 14. The van der Waals surface area contributed by atoms with E-state index < -0.39 is 32.9 Å². The van der Waals surface area contributed by atoms with Gasteiger partial charge in [-0.15, -0.1) is 0 Å². The number of nitrogens with two attached hydrogens (primary N) is 1. The van der Waals surface area contributed by atoms with Gasteiger partial charge in [-0.2, -0.15) is 0 Å². The molecule has 1 saturated heterocycles. The van der Waals surface area contributed by atoms with Gasteiger partial charge >= 0.3 is 7.82 Å². The van der Waals surface area contributed by atoms with Gasteiger partial charge in [0.1, 0.15) is 30.3 Å². The molecule has 3 unspecified atom stereocenters. The molecule has 0 bridgehead atoms. The Morgan fingerprint density at radius 2 is 1.55 bits per heavy atom. The fraction of sp³-hybridized carbons (Fsp3) is 0.321. The molecule has 1 fully saturated rings. The first kappa shape index (κ1) is 32.3. The first-order valence-corrected chi connectivity index (χ1v) is 17.0. The standard InChI is InChI=1S/C28H30N5O8PS2/c29-25-24-26(31-17-30-25)33(18-32-24)23-15-21(22(16-34)40-23)41-42(37,38-11-13-43-27(35)19-7-3-1-4-8-19)39-12-14-44-28(36)20-9-5-2-6-10-20/h1-10,17-18,21-23,34H,11-16H2,(H2,29,30,31). The SMILES string of the molecule is Nc1ncnc2c1ncn2C1CC(OP(=O)(OCCSC(=O)c2ccccc2)OCCSC(=O)c2ccccc2)C(CO)O1. The van der Waals surface area contributed by atoms with E-state index in [-0.39, 0.29) is 47.2 Å². The van der Waals surface area contributed by atoms with Crippen molar-refractivity contribution in [2.24, 2.45) is 0 Å². The lowest BCUT2D eigenvalue weighted by Gasteiger charge is -2.23. The number of aliphatic hydroxyl groups excluding tert-OH is 1. The van der Waals surface area contributed by atoms with Crippen LogP contribution in [0.25, 0.3) is 11.2 Å². The zero-order valence-electron chi connectivity index (χ0n) is 23.3. The normalized spacial score (nSPS) is 18.5. The lowest BCUT2D eigenvalue weighted by atomic mass is 10.2. The molecule has 13 nitrogen and oxygen atoms in total. The van der Waals surface area contributed by atoms with E-state index in [1.807, 2.05) is 12.1 Å². The number of ether oxygens (including phenoxy) is 1. The summed E-state index contributed by atoms with van der Waals surface area (Å²) in [6.45, 7) is -0.687. The summed E-state index contributed by atoms with van der Waals surface area (Å²) in [4.78, 5) is 37.3. The van der Waals surface area contributed by atoms with Crippen LogP contribution in [0.15, 0.2) is 73.3 Å². The van der Waals surface area contributed by atoms with Gasteiger partial charge in [0.15, 0.2) is 11.5 Å². The third-order valence-electron chi connectivity index (χ3n) is 6.47. The number of nitrogen functional groups attached to an aromatic ring is 1. The summed E-state index contributed by atoms with van der Waals surface area (Å²) in [5.41, 5.74) is 7.79. The Balaban J connectivity index is 1.23. The zero-order valence-corrected chi connectivity index (χ0v) is 25.9. The van der Waals surface area contributed by atoms with Crippen LogP contribution in [-0.2, 0) is 22.9 Å². The second-order valence-corrected chi connectivity index (χ2v) is 13.1. The molecule has 16 heteroatoms. The van der Waals surface area contributed by atoms with Crippen molar-refractivity contribution in [2.45, 2.75) is 24.9 Å². The second-order valence-electron chi connectivity index (χ2n) is 9.39. The summed E-state index contributed by atoms with van der Waals surface area (Å²) in [6, 6.07) is 17.5. The quantitative estimate of drug-likeness (QED) is 0.144. The molecule has 3 heterocycles. The first-order chi connectivity index (χ1) is 21.4. The van der Waals surface area contributed by atoms with Gasteiger partial charge in [-0.3, -0.25) is 27.7 Å². The molecule has 4 aromatic rings. The molecule has 2 aromatic heterocycles. The summed E-state index contributed by atoms with van der Waals surface area (Å²) >= 11 is 2.01. The van der Waals surface area contributed by atoms with Crippen molar-refractivity contribution < 1.29 is 37.6 Å². The molecule has 0 spiro atoms. The average Bonchev–Trinajstić information content (AvgIpc) is 3.66. The van der Waals surface area contributed by atoms with Gasteiger partial charge in [-0.05, 0) is 0 Å². The van der Waals surface area contributed by atoms with E-state index in [1.165, 1.54) is 12.7 Å². The average molecular weight is 660 g/mol. The minimum absolute atomic E-state index is 0.125. The van der Waals surface area contributed by atoms with E-state index in [0.29, 0.717) is 22.3 Å². The number of hydrogen-bond donors (Lipinski definition) is 2. The molecule has 1 aliphatic rings. The highest BCUT2D eigenvalue weighted by Crippen LogP contribution is 2.53. The minimum Gasteiger partial charge on any atom is -0.394 e. The van der Waals surface area contributed by atoms with E-state index in [2.05, 4.69) is 15.0 Å². The summed E-state index contributed by atoms with van der Waals surface area (Å²) in [6.07, 6.45) is 0.498. The molecule has 2 aromatic carbocycles. The number of aliphatic hydroxyl groups is 1. The van der Waals surface area contributed by atoms with Crippen LogP contribution in [0.4, 0.5) is 5.82 Å². The Hall–Kier alpha value is -3.14. The summed E-state index contributed by atoms with van der Waals surface area (Å²) in [5, 5.41) is 9.72. The number of rotatable bonds is 14. The Morgan fingerprint density at radius 1 is 0.955 bits per heavy atom. The van der Waals surface area contributed by atoms with Crippen molar-refractivity contribution in [3.05, 3.63) is 84.4 Å². The number of thioether (sulfide) groups is 2. The van der Waals surface area contributed by atoms with Crippen molar-refractivity contribution in [1.82, 2.24) is 19.5 Å². The topological polar surface area (TPSA) is 178 Å². The number of phosphoric ester groups is 1. The number of nitrogens with zero attached hydrogens (tertiary/aromatic N) is 4. The van der Waals surface area contributed by atoms with Crippen LogP contribution in [0.5, 0.6) is 0 Å². The highest BCUT2D eigenvalue weighted by molar-refractivity contribution is 8.14. The zero-order chi connectivity index (χ0) is 30.9. The van der Waals surface area contributed by atoms with E-state index in [9.17, 15) is 19.3 Å². The van der Waals surface area contributed by atoms with Gasteiger partial charge in [0.05, 0.1) is 26.1 Å². The van der Waals surface area contributed by atoms with Crippen LogP contribution in [-0.4, -0.2) is 78.4 Å². The third-order valence-corrected chi connectivity index (χ3v) is 9.74. The summed E-state index contributed by atoms with van der Waals surface area (Å²) in [5.74, 6) is 0.569. The van der Waals surface area contributed by atoms with Gasteiger partial charge in [0, 0.05) is 29.1 Å². The van der Waals surface area contributed by atoms with E-state index in [4.69, 9.17) is 24.0 Å². The molecule has 0 amide bonds. The number of anilines is 1. The predicted molar refractivity (Wildman–Crippen MR) is 166 cm³/mol. The summed E-state index contributed by atoms with van der Waals surface area (Å²) < 4.78 is 38.6. The molecule has 1 aliphatic heterocycles. The van der Waals surface area contributed by atoms with E-state index in [0.717, 1.165) is 23.5 Å². The number of benzene rings is 2. The van der Waals surface area contributed by atoms with Gasteiger partial charge in [-0.1, -0.05) is 84.2 Å². The lowest BCUT2D eigenvalue weighted by Crippen LogP contribution is -2.27. The number of carbonyl (C=O) groups excluding carboxylic acids is 2. The molecule has 232 valence electrons. The van der Waals surface area contributed by atoms with E-state index in [1.54, 1.807) is 53.1 Å². The first-order valence-electron chi connectivity index (χ1n) is 13.6. The van der Waals surface area contributed by atoms with Crippen LogP contribution in [0, 0.1) is 0 Å². The van der Waals surface area contributed by atoms with E-state index >= 15 is 0 Å². The Kier molecular flexibility index (Phi) is 11.2. The Bertz CT molecular complexity index is 1550. The van der Waals surface area contributed by atoms with Crippen LogP contribution in [0.2, 0.25) is 0 Å². The van der Waals surface area contributed by atoms with Gasteiger partial charge < -0.3 is 15.6 Å². The molecule has 3 atom stereocenters. The maximum atomic E-state index is 13.9. The number of fused-ring (bicyclic) bond motifs is 1. The van der Waals surface area contributed by atoms with Gasteiger partial charge in [0.25, 0.3) is 0 Å². The number of aromatic nitrogens is 4. The molecule has 0 saturated carbocycles. The Labute approximate surface area is 261 Å². The highest BCUT2D eigenvalue weighted by atomic mass is 32.2. The van der Waals surface area contributed by atoms with Gasteiger partial charge in [-0.25, -0.2) is 19.5 Å². The molecule has 0 aliphatic carbocycles. The van der Waals surface area contributed by atoms with Crippen molar-refractivity contribution in [1.29, 1.82) is 0 Å². The van der Waals surface area contributed by atoms with Crippen LogP contribution >= 0.6 is 31.3 Å². The largest absolute Gasteiger partial charge is 0.475 e. The smallest absolute Gasteiger partial charge is 0.394 e. The lowest BCUT2D eigenvalue weighted by molar-refractivity contribution is -0.0449. The fourth-order valence-corrected chi connectivity index (χ4v) is 7.31. The molecule has 0 radical (unpaired) electrons. The minimum atomic E-state index is -4.25. The van der Waals surface area contributed by atoms with Crippen molar-refractivity contribution in [3.63, 3.8) is 0 Å². The highest BCUT2D eigenvalue weighted by Gasteiger charge is 2.43. The predicted octanol–water partition coefficient (Wildman–Crippen LogP) is 4.36. The molecular formula is C28H30N5O8PS2. The molecule has 3 N–H and O–H groups in total. The second kappa shape index (κ2) is 15.2. The molecule has 44 heavy (non-hydrogen) atoms. The number of imidazole rings is 1. The molecular weight excluding hydrogens is 629 g/mol. The van der Waals surface area contributed by atoms with Crippen LogP contribution in [0.1, 0.15) is 33.4 Å². The third kappa shape index (κ3) is 8.11. The number of carbonyl (C=O) groups is 2. The summed E-state index contributed by atoms with van der Waals surface area (Å²) in [7, 11) is -4.25. The van der Waals surface area contributed by atoms with Crippen LogP contribution < -0.4 is 5.73 Å². The van der Waals surface area contributed by atoms with Crippen molar-refractivity contribution >= 4 is 58.6 Å². The number of phosphoric acid groups is 1. The maximum absolute atomic E-state index is 13.9. The Morgan fingerprint density at radius 3 is 2.11 bits per heavy atom.